The van der Waals surface area contributed by atoms with Crippen molar-refractivity contribution < 1.29 is 17.6 Å². The van der Waals surface area contributed by atoms with Gasteiger partial charge in [0.15, 0.2) is 5.82 Å². The molecule has 0 aliphatic rings. The minimum atomic E-state index is -4.62. The molecule has 3 rings (SSSR count). The van der Waals surface area contributed by atoms with Gasteiger partial charge in [0.1, 0.15) is 5.25 Å². The van der Waals surface area contributed by atoms with Crippen molar-refractivity contribution in [3.05, 3.63) is 46.8 Å². The van der Waals surface area contributed by atoms with Gasteiger partial charge in [0, 0.05) is 17.1 Å². The van der Waals surface area contributed by atoms with E-state index in [2.05, 4.69) is 33.0 Å². The van der Waals surface area contributed by atoms with E-state index >= 15 is 0 Å². The van der Waals surface area contributed by atoms with E-state index in [0.29, 0.717) is 10.6 Å². The number of benzene rings is 1. The fourth-order valence-corrected chi connectivity index (χ4v) is 2.72. The number of halogens is 4. The van der Waals surface area contributed by atoms with Gasteiger partial charge in [0.05, 0.1) is 0 Å². The molecular weight excluding hydrogens is 379 g/mol. The molecule has 0 N–H and O–H groups in total. The first-order valence-electron chi connectivity index (χ1n) is 7.09. The Morgan fingerprint density at radius 3 is 2.64 bits per heavy atom. The maximum absolute atomic E-state index is 13.0. The minimum Gasteiger partial charge on any atom is -0.419 e. The van der Waals surface area contributed by atoms with E-state index in [0.717, 1.165) is 4.57 Å². The van der Waals surface area contributed by atoms with Gasteiger partial charge in [-0.25, -0.2) is 0 Å². The van der Waals surface area contributed by atoms with E-state index in [1.54, 1.807) is 31.2 Å². The number of hydrogen-bond acceptors (Lipinski definition) is 6. The number of aromatic nitrogens is 5. The average Bonchev–Trinajstić information content (AvgIpc) is 3.20. The Labute approximate surface area is 150 Å². The van der Waals surface area contributed by atoms with Gasteiger partial charge in [-0.05, 0) is 25.1 Å². The summed E-state index contributed by atoms with van der Waals surface area (Å²) in [5.41, 5.74) is 0.583. The van der Waals surface area contributed by atoms with Crippen LogP contribution in [0.1, 0.15) is 29.7 Å². The van der Waals surface area contributed by atoms with E-state index in [1.807, 2.05) is 0 Å². The molecule has 1 unspecified atom stereocenters. The van der Waals surface area contributed by atoms with Crippen LogP contribution in [0.15, 0.2) is 28.7 Å². The lowest BCUT2D eigenvalue weighted by Gasteiger charge is -2.11. The van der Waals surface area contributed by atoms with Gasteiger partial charge in [-0.3, -0.25) is 0 Å². The Kier molecular flexibility index (Phi) is 4.74. The van der Waals surface area contributed by atoms with Crippen molar-refractivity contribution in [2.45, 2.75) is 24.9 Å². The van der Waals surface area contributed by atoms with Gasteiger partial charge in [-0.15, -0.1) is 20.4 Å². The third kappa shape index (κ3) is 3.49. The van der Waals surface area contributed by atoms with Crippen LogP contribution in [0.4, 0.5) is 13.2 Å². The van der Waals surface area contributed by atoms with Crippen LogP contribution >= 0.6 is 24.2 Å². The van der Waals surface area contributed by atoms with Crippen LogP contribution in [0, 0.1) is 0 Å². The van der Waals surface area contributed by atoms with Crippen molar-refractivity contribution in [3.8, 4) is 11.5 Å². The number of alkyl halides is 3. The highest BCUT2D eigenvalue weighted by atomic mass is 35.5. The lowest BCUT2D eigenvalue weighted by Crippen LogP contribution is -2.16. The monoisotopic (exact) mass is 389 g/mol. The minimum absolute atomic E-state index is 0.00846. The van der Waals surface area contributed by atoms with Crippen molar-refractivity contribution >= 4 is 24.2 Å². The molecule has 0 radical (unpaired) electrons. The molecule has 132 valence electrons. The van der Waals surface area contributed by atoms with Gasteiger partial charge < -0.3 is 8.98 Å². The first-order chi connectivity index (χ1) is 11.8. The van der Waals surface area contributed by atoms with E-state index in [9.17, 15) is 13.2 Å². The highest BCUT2D eigenvalue weighted by Crippen LogP contribution is 2.33. The third-order valence-electron chi connectivity index (χ3n) is 3.34. The summed E-state index contributed by atoms with van der Waals surface area (Å²) < 4.78 is 45.3. The summed E-state index contributed by atoms with van der Waals surface area (Å²) in [5, 5.41) is 14.1. The van der Waals surface area contributed by atoms with Gasteiger partial charge in [-0.2, -0.15) is 25.8 Å². The quantitative estimate of drug-likeness (QED) is 0.682. The molecule has 1 atom stereocenters. The molecule has 0 fully saturated rings. The molecule has 0 aliphatic carbocycles. The molecule has 0 bridgehead atoms. The number of nitrogens with zero attached hydrogens (tertiary/aromatic N) is 5. The van der Waals surface area contributed by atoms with E-state index in [-0.39, 0.29) is 24.2 Å². The summed E-state index contributed by atoms with van der Waals surface area (Å²) in [6.07, 6.45) is -4.62. The van der Waals surface area contributed by atoms with E-state index in [4.69, 9.17) is 16.0 Å². The van der Waals surface area contributed by atoms with Crippen LogP contribution in [0.2, 0.25) is 5.02 Å². The van der Waals surface area contributed by atoms with E-state index in [1.165, 1.54) is 0 Å². The molecule has 11 heteroatoms. The lowest BCUT2D eigenvalue weighted by atomic mass is 10.2. The lowest BCUT2D eigenvalue weighted by molar-refractivity contribution is -0.147. The molecule has 2 heterocycles. The summed E-state index contributed by atoms with van der Waals surface area (Å²) in [5.74, 6) is -0.942. The maximum atomic E-state index is 13.0. The Bertz CT molecular complexity index is 895. The van der Waals surface area contributed by atoms with Gasteiger partial charge >= 0.3 is 6.18 Å². The third-order valence-corrected chi connectivity index (χ3v) is 4.03. The van der Waals surface area contributed by atoms with Crippen LogP contribution in [-0.4, -0.2) is 25.0 Å². The Morgan fingerprint density at radius 1 is 1.24 bits per heavy atom. The van der Waals surface area contributed by atoms with Crippen LogP contribution < -0.4 is 0 Å². The van der Waals surface area contributed by atoms with Crippen molar-refractivity contribution in [3.63, 3.8) is 0 Å². The van der Waals surface area contributed by atoms with Crippen LogP contribution in [0.25, 0.3) is 11.5 Å². The Hall–Kier alpha value is -2.07. The summed E-state index contributed by atoms with van der Waals surface area (Å²) in [6.45, 7) is 1.57. The van der Waals surface area contributed by atoms with Crippen LogP contribution in [0.5, 0.6) is 0 Å². The molecule has 3 aromatic rings. The van der Waals surface area contributed by atoms with Crippen molar-refractivity contribution in [1.82, 2.24) is 25.0 Å². The van der Waals surface area contributed by atoms with Crippen molar-refractivity contribution in [2.75, 3.05) is 0 Å². The van der Waals surface area contributed by atoms with Gasteiger partial charge in [-0.1, -0.05) is 17.7 Å². The van der Waals surface area contributed by atoms with Gasteiger partial charge in [0.25, 0.3) is 0 Å². The Balaban J connectivity index is 1.95. The molecule has 6 nitrogen and oxygen atoms in total. The first kappa shape index (κ1) is 17.7. The van der Waals surface area contributed by atoms with E-state index < -0.39 is 17.3 Å². The highest BCUT2D eigenvalue weighted by molar-refractivity contribution is 7.80. The molecule has 0 amide bonds. The standard InChI is InChI=1S/C14H11ClF3N5OS/c1-2-23-10(19-22-13(23)14(16,17)18)9(25)12-21-20-11(24-12)7-4-3-5-8(15)6-7/h3-6,9,25H,2H2,1H3. The fraction of sp³-hybridized carbons (Fsp3) is 0.286. The van der Waals surface area contributed by atoms with Crippen LogP contribution in [-0.2, 0) is 12.7 Å². The molecule has 0 saturated carbocycles. The summed E-state index contributed by atoms with van der Waals surface area (Å²) in [4.78, 5) is 0. The maximum Gasteiger partial charge on any atom is 0.451 e. The molecular formula is C14H11ClF3N5OS. The second-order valence-electron chi connectivity index (χ2n) is 4.98. The predicted molar refractivity (Wildman–Crippen MR) is 86.3 cm³/mol. The average molecular weight is 390 g/mol. The van der Waals surface area contributed by atoms with Crippen molar-refractivity contribution in [2.24, 2.45) is 0 Å². The normalized spacial score (nSPS) is 13.2. The summed E-state index contributed by atoms with van der Waals surface area (Å²) in [6, 6.07) is 6.74. The first-order valence-corrected chi connectivity index (χ1v) is 7.98. The summed E-state index contributed by atoms with van der Waals surface area (Å²) >= 11 is 10.2. The summed E-state index contributed by atoms with van der Waals surface area (Å²) in [7, 11) is 0. The topological polar surface area (TPSA) is 69.6 Å². The highest BCUT2D eigenvalue weighted by Gasteiger charge is 2.39. The molecule has 0 spiro atoms. The SMILES string of the molecule is CCn1c(C(S)c2nnc(-c3cccc(Cl)c3)o2)nnc1C(F)(F)F. The number of rotatable bonds is 4. The molecule has 2 aromatic heterocycles. The molecule has 25 heavy (non-hydrogen) atoms. The molecule has 0 saturated heterocycles. The number of hydrogen-bond donors (Lipinski definition) is 1. The van der Waals surface area contributed by atoms with Crippen LogP contribution in [0.3, 0.4) is 0 Å². The second kappa shape index (κ2) is 6.68. The molecule has 0 aliphatic heterocycles. The van der Waals surface area contributed by atoms with Crippen molar-refractivity contribution in [1.29, 1.82) is 0 Å². The zero-order valence-corrected chi connectivity index (χ0v) is 14.3. The second-order valence-corrected chi connectivity index (χ2v) is 5.93. The molecule has 1 aromatic carbocycles. The zero-order valence-electron chi connectivity index (χ0n) is 12.7. The largest absolute Gasteiger partial charge is 0.451 e. The fourth-order valence-electron chi connectivity index (χ4n) is 2.23. The van der Waals surface area contributed by atoms with Gasteiger partial charge in [0.2, 0.25) is 17.6 Å². The smallest absolute Gasteiger partial charge is 0.419 e. The predicted octanol–water partition coefficient (Wildman–Crippen LogP) is 4.04. The Morgan fingerprint density at radius 2 is 2.00 bits per heavy atom. The zero-order chi connectivity index (χ0) is 18.2. The number of thiol groups is 1.